The maximum atomic E-state index is 12.0. The molecule has 6 nitrogen and oxygen atoms in total. The average Bonchev–Trinajstić information content (AvgIpc) is 2.70. The van der Waals surface area contributed by atoms with E-state index in [1.54, 1.807) is 12.3 Å². The Morgan fingerprint density at radius 3 is 2.85 bits per heavy atom. The van der Waals surface area contributed by atoms with Crippen molar-refractivity contribution in [3.05, 3.63) is 64.8 Å². The molecule has 6 heteroatoms. The molecular formula is C14H15N3O3. The summed E-state index contributed by atoms with van der Waals surface area (Å²) in [6.07, 6.45) is 2.75. The highest BCUT2D eigenvalue weighted by Crippen LogP contribution is 2.16. The maximum absolute atomic E-state index is 12.0. The van der Waals surface area contributed by atoms with E-state index in [0.29, 0.717) is 11.0 Å². The summed E-state index contributed by atoms with van der Waals surface area (Å²) in [5.74, 6) is -0.529. The summed E-state index contributed by atoms with van der Waals surface area (Å²) in [5, 5.41) is 19.2. The summed E-state index contributed by atoms with van der Waals surface area (Å²) < 4.78 is 1.39. The Balaban J connectivity index is 2.61. The lowest BCUT2D eigenvalue weighted by Gasteiger charge is -2.09. The molecule has 0 unspecified atom stereocenters. The molecule has 0 spiro atoms. The van der Waals surface area contributed by atoms with Crippen LogP contribution in [0.25, 0.3) is 11.0 Å². The molecule has 0 saturated carbocycles. The zero-order valence-electron chi connectivity index (χ0n) is 11.1. The Labute approximate surface area is 115 Å². The second kappa shape index (κ2) is 5.08. The first kappa shape index (κ1) is 13.7. The molecular weight excluding hydrogens is 258 g/mol. The first-order valence-electron chi connectivity index (χ1n) is 5.92. The Morgan fingerprint density at radius 1 is 1.55 bits per heavy atom. The van der Waals surface area contributed by atoms with Gasteiger partial charge in [0.2, 0.25) is 0 Å². The summed E-state index contributed by atoms with van der Waals surface area (Å²) in [5.41, 5.74) is 1.76. The predicted octanol–water partition coefficient (Wildman–Crippen LogP) is 2.10. The van der Waals surface area contributed by atoms with Crippen molar-refractivity contribution in [2.75, 3.05) is 0 Å². The first-order chi connectivity index (χ1) is 9.43. The molecule has 0 aliphatic carbocycles. The summed E-state index contributed by atoms with van der Waals surface area (Å²) in [7, 11) is 0. The van der Waals surface area contributed by atoms with E-state index in [0.717, 1.165) is 5.69 Å². The number of aromatic amines is 1. The molecule has 0 amide bonds. The van der Waals surface area contributed by atoms with Crippen molar-refractivity contribution in [3.63, 3.8) is 0 Å². The molecule has 2 aromatic heterocycles. The van der Waals surface area contributed by atoms with Crippen LogP contribution in [0.4, 0.5) is 0 Å². The molecule has 2 rings (SSSR count). The van der Waals surface area contributed by atoms with Crippen molar-refractivity contribution in [1.29, 1.82) is 0 Å². The highest BCUT2D eigenvalue weighted by molar-refractivity contribution is 5.74. The van der Waals surface area contributed by atoms with Gasteiger partial charge in [0.05, 0.1) is 29.3 Å². The van der Waals surface area contributed by atoms with Gasteiger partial charge >= 0.3 is 5.69 Å². The smallest absolute Gasteiger partial charge is 0.326 e. The van der Waals surface area contributed by atoms with E-state index in [9.17, 15) is 15.0 Å². The number of nitrogens with zero attached hydrogens (tertiary/aromatic N) is 2. The van der Waals surface area contributed by atoms with Gasteiger partial charge in [-0.05, 0) is 19.1 Å². The van der Waals surface area contributed by atoms with Crippen molar-refractivity contribution in [2.45, 2.75) is 13.5 Å². The third-order valence-electron chi connectivity index (χ3n) is 2.96. The number of hydrogen-bond acceptors (Lipinski definition) is 4. The fraction of sp³-hybridized carbons (Fsp3) is 0.143. The SMILES string of the molecule is C=C/C(O)=C(/Cn1c(=O)[nH]c2cnc(C)cc21)C(=C)O. The number of allylic oxidation sites excluding steroid dienone is 2. The summed E-state index contributed by atoms with van der Waals surface area (Å²) >= 11 is 0. The van der Waals surface area contributed by atoms with Crippen molar-refractivity contribution >= 4 is 11.0 Å². The number of aryl methyl sites for hydroxylation is 1. The quantitative estimate of drug-likeness (QED) is 0.587. The van der Waals surface area contributed by atoms with Gasteiger partial charge in [0.25, 0.3) is 0 Å². The Bertz CT molecular complexity index is 781. The number of hydrogen-bond donors (Lipinski definition) is 3. The van der Waals surface area contributed by atoms with Gasteiger partial charge < -0.3 is 15.2 Å². The Kier molecular flexibility index (Phi) is 3.47. The maximum Gasteiger partial charge on any atom is 0.326 e. The van der Waals surface area contributed by atoms with Crippen molar-refractivity contribution in [2.24, 2.45) is 0 Å². The van der Waals surface area contributed by atoms with Gasteiger partial charge in [0.15, 0.2) is 0 Å². The third kappa shape index (κ3) is 2.35. The molecule has 0 aromatic carbocycles. The van der Waals surface area contributed by atoms with Crippen LogP contribution in [0.1, 0.15) is 5.69 Å². The molecule has 0 bridgehead atoms. The van der Waals surface area contributed by atoms with Crippen LogP contribution in [0.5, 0.6) is 0 Å². The number of nitrogens with one attached hydrogen (secondary N) is 1. The van der Waals surface area contributed by atoms with Crippen molar-refractivity contribution in [3.8, 4) is 0 Å². The predicted molar refractivity (Wildman–Crippen MR) is 76.7 cm³/mol. The van der Waals surface area contributed by atoms with Gasteiger partial charge in [0, 0.05) is 5.69 Å². The lowest BCUT2D eigenvalue weighted by atomic mass is 10.2. The van der Waals surface area contributed by atoms with Crippen LogP contribution >= 0.6 is 0 Å². The molecule has 0 atom stereocenters. The van der Waals surface area contributed by atoms with Crippen LogP contribution in [0.2, 0.25) is 0 Å². The molecule has 0 saturated heterocycles. The van der Waals surface area contributed by atoms with Gasteiger partial charge in [-0.25, -0.2) is 4.79 Å². The average molecular weight is 273 g/mol. The molecule has 0 aliphatic rings. The fourth-order valence-electron chi connectivity index (χ4n) is 1.92. The molecule has 2 heterocycles. The van der Waals surface area contributed by atoms with E-state index in [1.165, 1.54) is 10.6 Å². The topological polar surface area (TPSA) is 91.1 Å². The number of pyridine rings is 1. The normalized spacial score (nSPS) is 12.2. The van der Waals surface area contributed by atoms with E-state index in [-0.39, 0.29) is 29.3 Å². The second-order valence-electron chi connectivity index (χ2n) is 4.37. The van der Waals surface area contributed by atoms with Crippen molar-refractivity contribution in [1.82, 2.24) is 14.5 Å². The van der Waals surface area contributed by atoms with Crippen LogP contribution in [-0.4, -0.2) is 24.7 Å². The van der Waals surface area contributed by atoms with Gasteiger partial charge in [-0.3, -0.25) is 9.55 Å². The van der Waals surface area contributed by atoms with Gasteiger partial charge in [-0.1, -0.05) is 13.2 Å². The van der Waals surface area contributed by atoms with Gasteiger partial charge in [0.1, 0.15) is 11.5 Å². The van der Waals surface area contributed by atoms with Crippen molar-refractivity contribution < 1.29 is 10.2 Å². The summed E-state index contributed by atoms with van der Waals surface area (Å²) in [6, 6.07) is 1.75. The minimum atomic E-state index is -0.358. The fourth-order valence-corrected chi connectivity index (χ4v) is 1.92. The monoisotopic (exact) mass is 273 g/mol. The minimum absolute atomic E-state index is 0.0184. The Morgan fingerprint density at radius 2 is 2.25 bits per heavy atom. The number of H-pyrrole nitrogens is 1. The zero-order valence-corrected chi connectivity index (χ0v) is 11.1. The molecule has 20 heavy (non-hydrogen) atoms. The molecule has 3 N–H and O–H groups in total. The first-order valence-corrected chi connectivity index (χ1v) is 5.92. The minimum Gasteiger partial charge on any atom is -0.508 e. The number of aliphatic hydroxyl groups is 2. The van der Waals surface area contributed by atoms with Gasteiger partial charge in [-0.15, -0.1) is 0 Å². The van der Waals surface area contributed by atoms with E-state index in [4.69, 9.17) is 0 Å². The standard InChI is InChI=1S/C14H15N3O3/c1-4-13(19)10(9(3)18)7-17-12-5-8(2)15-6-11(12)16-14(17)20/h4-6,18-19H,1,3,7H2,2H3,(H,16,20)/b13-10+. The second-order valence-corrected chi connectivity index (χ2v) is 4.37. The molecule has 2 aromatic rings. The number of aliphatic hydroxyl groups excluding tert-OH is 2. The lowest BCUT2D eigenvalue weighted by molar-refractivity contribution is 0.385. The van der Waals surface area contributed by atoms with Crippen LogP contribution in [-0.2, 0) is 6.54 Å². The van der Waals surface area contributed by atoms with E-state index < -0.39 is 0 Å². The van der Waals surface area contributed by atoms with Crippen LogP contribution in [0.15, 0.2) is 53.4 Å². The number of aromatic nitrogens is 3. The molecule has 0 fully saturated rings. The summed E-state index contributed by atoms with van der Waals surface area (Å²) in [6.45, 7) is 8.60. The summed E-state index contributed by atoms with van der Waals surface area (Å²) in [4.78, 5) is 18.7. The van der Waals surface area contributed by atoms with E-state index in [1.807, 2.05) is 6.92 Å². The zero-order chi connectivity index (χ0) is 14.9. The number of rotatable bonds is 4. The highest BCUT2D eigenvalue weighted by atomic mass is 16.3. The number of fused-ring (bicyclic) bond motifs is 1. The largest absolute Gasteiger partial charge is 0.508 e. The molecule has 104 valence electrons. The number of imidazole rings is 1. The van der Waals surface area contributed by atoms with E-state index >= 15 is 0 Å². The molecule has 0 radical (unpaired) electrons. The van der Waals surface area contributed by atoms with Gasteiger partial charge in [-0.2, -0.15) is 0 Å². The third-order valence-corrected chi connectivity index (χ3v) is 2.96. The lowest BCUT2D eigenvalue weighted by Crippen LogP contribution is -2.19. The van der Waals surface area contributed by atoms with Crippen LogP contribution < -0.4 is 5.69 Å². The van der Waals surface area contributed by atoms with Crippen LogP contribution in [0.3, 0.4) is 0 Å². The Hall–Kier alpha value is -2.76. The highest BCUT2D eigenvalue weighted by Gasteiger charge is 2.13. The molecule has 0 aliphatic heterocycles. The van der Waals surface area contributed by atoms with Crippen LogP contribution in [0, 0.1) is 6.92 Å². The van der Waals surface area contributed by atoms with E-state index in [2.05, 4.69) is 23.1 Å².